The molecule has 0 saturated carbocycles. The van der Waals surface area contributed by atoms with Gasteiger partial charge >= 0.3 is 12.1 Å². The van der Waals surface area contributed by atoms with Gasteiger partial charge in [0.25, 0.3) is 0 Å². The highest BCUT2D eigenvalue weighted by molar-refractivity contribution is 6.31. The van der Waals surface area contributed by atoms with Crippen LogP contribution in [-0.4, -0.2) is 23.8 Å². The minimum Gasteiger partial charge on any atom is -0.481 e. The number of fused-ring (bicyclic) bond motifs is 3. The van der Waals surface area contributed by atoms with Crippen LogP contribution in [0, 0.1) is 5.82 Å². The van der Waals surface area contributed by atoms with Gasteiger partial charge in [-0.1, -0.05) is 66.2 Å². The van der Waals surface area contributed by atoms with Crippen molar-refractivity contribution in [2.75, 3.05) is 6.61 Å². The van der Waals surface area contributed by atoms with E-state index >= 15 is 0 Å². The van der Waals surface area contributed by atoms with Crippen LogP contribution in [-0.2, 0) is 9.53 Å². The maximum absolute atomic E-state index is 13.4. The summed E-state index contributed by atoms with van der Waals surface area (Å²) in [5.74, 6) is -1.81. The molecule has 1 amide bonds. The number of hydrogen-bond acceptors (Lipinski definition) is 3. The number of carboxylic acid groups (broad SMARTS) is 1. The average Bonchev–Trinajstić information content (AvgIpc) is 3.05. The number of amides is 1. The van der Waals surface area contributed by atoms with E-state index in [9.17, 15) is 19.1 Å². The van der Waals surface area contributed by atoms with Gasteiger partial charge in [-0.25, -0.2) is 9.18 Å². The zero-order chi connectivity index (χ0) is 22.0. The molecule has 0 saturated heterocycles. The lowest BCUT2D eigenvalue weighted by molar-refractivity contribution is -0.137. The molecular weight excluding hydrogens is 421 g/mol. The predicted molar refractivity (Wildman–Crippen MR) is 115 cm³/mol. The van der Waals surface area contributed by atoms with Crippen molar-refractivity contribution in [3.05, 3.63) is 94.3 Å². The third-order valence-corrected chi connectivity index (χ3v) is 5.68. The van der Waals surface area contributed by atoms with E-state index in [0.717, 1.165) is 34.4 Å². The lowest BCUT2D eigenvalue weighted by Crippen LogP contribution is -2.32. The average molecular weight is 440 g/mol. The molecule has 1 aliphatic carbocycles. The largest absolute Gasteiger partial charge is 0.481 e. The molecule has 0 spiro atoms. The van der Waals surface area contributed by atoms with Crippen LogP contribution >= 0.6 is 11.6 Å². The van der Waals surface area contributed by atoms with Crippen LogP contribution in [0.4, 0.5) is 9.18 Å². The van der Waals surface area contributed by atoms with E-state index < -0.39 is 30.3 Å². The Labute approximate surface area is 183 Å². The summed E-state index contributed by atoms with van der Waals surface area (Å²) in [6, 6.07) is 18.5. The molecule has 4 rings (SSSR count). The molecule has 0 aromatic heterocycles. The summed E-state index contributed by atoms with van der Waals surface area (Å²) >= 11 is 6.06. The third-order valence-electron chi connectivity index (χ3n) is 5.35. The first-order chi connectivity index (χ1) is 14.9. The number of benzene rings is 3. The Kier molecular flexibility index (Phi) is 5.91. The number of ether oxygens (including phenoxy) is 1. The summed E-state index contributed by atoms with van der Waals surface area (Å²) in [6.07, 6.45) is -1.19. The molecule has 7 heteroatoms. The predicted octanol–water partition coefficient (Wildman–Crippen LogP) is 5.53. The monoisotopic (exact) mass is 439 g/mol. The van der Waals surface area contributed by atoms with Gasteiger partial charge < -0.3 is 15.2 Å². The Bertz CT molecular complexity index is 1100. The van der Waals surface area contributed by atoms with Crippen LogP contribution in [0.1, 0.15) is 35.1 Å². The number of carbonyl (C=O) groups is 2. The number of alkyl carbamates (subject to hydrolysis) is 1. The fourth-order valence-electron chi connectivity index (χ4n) is 3.98. The summed E-state index contributed by atoms with van der Waals surface area (Å²) in [5, 5.41) is 11.8. The van der Waals surface area contributed by atoms with Crippen molar-refractivity contribution in [2.45, 2.75) is 18.4 Å². The fourth-order valence-corrected chi connectivity index (χ4v) is 4.28. The van der Waals surface area contributed by atoms with Crippen LogP contribution in [0.25, 0.3) is 11.1 Å². The second kappa shape index (κ2) is 8.78. The van der Waals surface area contributed by atoms with Crippen molar-refractivity contribution in [1.29, 1.82) is 0 Å². The van der Waals surface area contributed by atoms with Gasteiger partial charge in [0.2, 0.25) is 0 Å². The van der Waals surface area contributed by atoms with Crippen LogP contribution in [0.2, 0.25) is 5.02 Å². The van der Waals surface area contributed by atoms with Gasteiger partial charge in [0, 0.05) is 10.9 Å². The third kappa shape index (κ3) is 4.39. The van der Waals surface area contributed by atoms with Crippen molar-refractivity contribution >= 4 is 23.7 Å². The Morgan fingerprint density at radius 1 is 1.03 bits per heavy atom. The number of nitrogens with one attached hydrogen (secondary N) is 1. The quantitative estimate of drug-likeness (QED) is 0.529. The smallest absolute Gasteiger partial charge is 0.407 e. The second-order valence-corrected chi connectivity index (χ2v) is 7.69. The molecule has 3 aromatic rings. The van der Waals surface area contributed by atoms with E-state index in [1.54, 1.807) is 0 Å². The molecule has 2 N–H and O–H groups in total. The van der Waals surface area contributed by atoms with E-state index in [1.165, 1.54) is 6.07 Å². The van der Waals surface area contributed by atoms with Crippen LogP contribution in [0.3, 0.4) is 0 Å². The van der Waals surface area contributed by atoms with E-state index in [4.69, 9.17) is 16.3 Å². The van der Waals surface area contributed by atoms with Gasteiger partial charge in [-0.05, 0) is 39.9 Å². The molecule has 5 nitrogen and oxygen atoms in total. The Morgan fingerprint density at radius 2 is 1.65 bits per heavy atom. The standard InChI is InChI=1S/C24H19ClFNO4/c25-21-11-14(26)9-10-19(21)22(12-23(28)29)27-24(30)31-13-20-17-7-3-1-5-15(17)16-6-2-4-8-18(16)20/h1-11,20,22H,12-13H2,(H,27,30)(H,28,29). The number of rotatable bonds is 6. The van der Waals surface area contributed by atoms with E-state index in [-0.39, 0.29) is 17.5 Å². The number of carbonyl (C=O) groups excluding carboxylic acids is 1. The zero-order valence-electron chi connectivity index (χ0n) is 16.3. The van der Waals surface area contributed by atoms with Crippen molar-refractivity contribution in [2.24, 2.45) is 0 Å². The zero-order valence-corrected chi connectivity index (χ0v) is 17.1. The lowest BCUT2D eigenvalue weighted by Gasteiger charge is -2.20. The SMILES string of the molecule is O=C(O)CC(NC(=O)OCC1c2ccccc2-c2ccccc21)c1ccc(F)cc1Cl. The molecule has 3 aromatic carbocycles. The van der Waals surface area contributed by atoms with Crippen molar-refractivity contribution < 1.29 is 23.8 Å². The normalized spacial score (nSPS) is 13.2. The van der Waals surface area contributed by atoms with E-state index in [0.29, 0.717) is 5.56 Å². The molecule has 31 heavy (non-hydrogen) atoms. The molecule has 1 atom stereocenters. The maximum atomic E-state index is 13.4. The highest BCUT2D eigenvalue weighted by Crippen LogP contribution is 2.44. The Balaban J connectivity index is 1.50. The van der Waals surface area contributed by atoms with Crippen LogP contribution in [0.15, 0.2) is 66.7 Å². The Morgan fingerprint density at radius 3 is 2.23 bits per heavy atom. The first-order valence-electron chi connectivity index (χ1n) is 9.72. The molecular formula is C24H19ClFNO4. The fraction of sp³-hybridized carbons (Fsp3) is 0.167. The van der Waals surface area contributed by atoms with Gasteiger partial charge in [0.1, 0.15) is 12.4 Å². The van der Waals surface area contributed by atoms with Crippen molar-refractivity contribution in [3.8, 4) is 11.1 Å². The first-order valence-corrected chi connectivity index (χ1v) is 10.1. The molecule has 0 heterocycles. The van der Waals surface area contributed by atoms with Crippen molar-refractivity contribution in [1.82, 2.24) is 5.32 Å². The summed E-state index contributed by atoms with van der Waals surface area (Å²) in [4.78, 5) is 23.8. The number of aliphatic carboxylic acids is 1. The number of hydrogen-bond donors (Lipinski definition) is 2. The summed E-state index contributed by atoms with van der Waals surface area (Å²) < 4.78 is 18.8. The molecule has 0 fully saturated rings. The summed E-state index contributed by atoms with van der Waals surface area (Å²) in [5.41, 5.74) is 4.65. The first kappa shape index (κ1) is 20.9. The lowest BCUT2D eigenvalue weighted by atomic mass is 9.98. The molecule has 0 aliphatic heterocycles. The van der Waals surface area contributed by atoms with Gasteiger partial charge in [-0.3, -0.25) is 4.79 Å². The number of carboxylic acids is 1. The van der Waals surface area contributed by atoms with Gasteiger partial charge in [-0.15, -0.1) is 0 Å². The van der Waals surface area contributed by atoms with Gasteiger partial charge in [0.15, 0.2) is 0 Å². The highest BCUT2D eigenvalue weighted by Gasteiger charge is 2.29. The molecule has 0 bridgehead atoms. The second-order valence-electron chi connectivity index (χ2n) is 7.29. The molecule has 158 valence electrons. The minimum absolute atomic E-state index is 0.0326. The van der Waals surface area contributed by atoms with Crippen molar-refractivity contribution in [3.63, 3.8) is 0 Å². The summed E-state index contributed by atoms with van der Waals surface area (Å²) in [7, 11) is 0. The van der Waals surface area contributed by atoms with Crippen LogP contribution in [0.5, 0.6) is 0 Å². The summed E-state index contributed by atoms with van der Waals surface area (Å²) in [6.45, 7) is 0.0940. The van der Waals surface area contributed by atoms with E-state index in [2.05, 4.69) is 5.32 Å². The Hall–Kier alpha value is -3.38. The maximum Gasteiger partial charge on any atom is 0.407 e. The molecule has 0 radical (unpaired) electrons. The molecule has 1 aliphatic rings. The highest BCUT2D eigenvalue weighted by atomic mass is 35.5. The molecule has 1 unspecified atom stereocenters. The van der Waals surface area contributed by atoms with Crippen LogP contribution < -0.4 is 5.32 Å². The van der Waals surface area contributed by atoms with Gasteiger partial charge in [0.05, 0.1) is 12.5 Å². The minimum atomic E-state index is -1.13. The topological polar surface area (TPSA) is 75.6 Å². The van der Waals surface area contributed by atoms with E-state index in [1.807, 2.05) is 48.5 Å². The number of halogens is 2. The van der Waals surface area contributed by atoms with Gasteiger partial charge in [-0.2, -0.15) is 0 Å².